The second kappa shape index (κ2) is 8.66. The van der Waals surface area contributed by atoms with Gasteiger partial charge < -0.3 is 10.1 Å². The molecule has 1 aliphatic carbocycles. The van der Waals surface area contributed by atoms with Gasteiger partial charge in [-0.25, -0.2) is 0 Å². The van der Waals surface area contributed by atoms with Gasteiger partial charge in [-0.2, -0.15) is 0 Å². The quantitative estimate of drug-likeness (QED) is 0.782. The smallest absolute Gasteiger partial charge is 0.261 e. The van der Waals surface area contributed by atoms with Gasteiger partial charge in [0.05, 0.1) is 18.0 Å². The number of fused-ring (bicyclic) bond motifs is 1. The average Bonchev–Trinajstić information content (AvgIpc) is 3.38. The highest BCUT2D eigenvalue weighted by molar-refractivity contribution is 7.14. The number of thiophene rings is 1. The maximum Gasteiger partial charge on any atom is 0.261 e. The Labute approximate surface area is 171 Å². The number of rotatable bonds is 6. The molecule has 5 heteroatoms. The van der Waals surface area contributed by atoms with Crippen molar-refractivity contribution in [3.8, 4) is 5.75 Å². The summed E-state index contributed by atoms with van der Waals surface area (Å²) in [5, 5.41) is 3.22. The van der Waals surface area contributed by atoms with Gasteiger partial charge in [-0.15, -0.1) is 11.3 Å². The molecular formula is C23H30N2O2S. The molecule has 4 nitrogen and oxygen atoms in total. The fraction of sp³-hybridized carbons (Fsp3) is 0.522. The van der Waals surface area contributed by atoms with Gasteiger partial charge >= 0.3 is 0 Å². The third-order valence-corrected chi connectivity index (χ3v) is 7.33. The molecule has 2 heterocycles. The number of methoxy groups -OCH3 is 1. The third-order valence-electron chi connectivity index (χ3n) is 6.09. The van der Waals surface area contributed by atoms with Crippen LogP contribution in [0.25, 0.3) is 0 Å². The lowest BCUT2D eigenvalue weighted by Gasteiger charge is -2.28. The van der Waals surface area contributed by atoms with Crippen LogP contribution in [0.2, 0.25) is 0 Å². The van der Waals surface area contributed by atoms with Gasteiger partial charge in [0.2, 0.25) is 0 Å². The van der Waals surface area contributed by atoms with E-state index in [4.69, 9.17) is 4.74 Å². The van der Waals surface area contributed by atoms with E-state index in [9.17, 15) is 4.79 Å². The number of likely N-dealkylation sites (tertiary alicyclic amines) is 1. The van der Waals surface area contributed by atoms with Crippen LogP contribution in [0.5, 0.6) is 5.75 Å². The molecule has 0 unspecified atom stereocenters. The SMILES string of the molecule is COc1ccc([C@H](CNC(=O)c2cc3c(s2)CC[C@H](C)C3)N2CCCC2)cc1. The molecule has 2 aliphatic rings. The Morgan fingerprint density at radius 1 is 1.29 bits per heavy atom. The first-order valence-corrected chi connectivity index (χ1v) is 11.2. The zero-order valence-corrected chi connectivity index (χ0v) is 17.7. The Morgan fingerprint density at radius 3 is 2.75 bits per heavy atom. The van der Waals surface area contributed by atoms with Gasteiger partial charge in [-0.1, -0.05) is 19.1 Å². The zero-order valence-electron chi connectivity index (χ0n) is 16.9. The topological polar surface area (TPSA) is 41.6 Å². The highest BCUT2D eigenvalue weighted by Crippen LogP contribution is 2.32. The van der Waals surface area contributed by atoms with Crippen LogP contribution in [0.15, 0.2) is 30.3 Å². The van der Waals surface area contributed by atoms with Crippen LogP contribution in [0.3, 0.4) is 0 Å². The number of ether oxygens (including phenoxy) is 1. The van der Waals surface area contributed by atoms with E-state index in [1.165, 1.54) is 35.3 Å². The van der Waals surface area contributed by atoms with Crippen LogP contribution in [0, 0.1) is 5.92 Å². The summed E-state index contributed by atoms with van der Waals surface area (Å²) in [6.07, 6.45) is 5.94. The molecule has 0 bridgehead atoms. The summed E-state index contributed by atoms with van der Waals surface area (Å²) in [5.41, 5.74) is 2.63. The van der Waals surface area contributed by atoms with Gasteiger partial charge in [0.15, 0.2) is 0 Å². The number of carbonyl (C=O) groups excluding carboxylic acids is 1. The maximum absolute atomic E-state index is 12.9. The second-order valence-corrected chi connectivity index (χ2v) is 9.29. The summed E-state index contributed by atoms with van der Waals surface area (Å²) in [6, 6.07) is 10.6. The Bertz CT molecular complexity index is 809. The fourth-order valence-corrected chi connectivity index (χ4v) is 5.56. The number of hydrogen-bond donors (Lipinski definition) is 1. The van der Waals surface area contributed by atoms with Crippen LogP contribution < -0.4 is 10.1 Å². The predicted octanol–water partition coefficient (Wildman–Crippen LogP) is 4.45. The van der Waals surface area contributed by atoms with Gasteiger partial charge in [0.25, 0.3) is 5.91 Å². The lowest BCUT2D eigenvalue weighted by Crippen LogP contribution is -2.36. The fourth-order valence-electron chi connectivity index (χ4n) is 4.43. The molecule has 0 radical (unpaired) electrons. The average molecular weight is 399 g/mol. The van der Waals surface area contributed by atoms with Crippen LogP contribution in [0.4, 0.5) is 0 Å². The van der Waals surface area contributed by atoms with Crippen LogP contribution in [0.1, 0.15) is 57.9 Å². The molecule has 1 aromatic carbocycles. The predicted molar refractivity (Wildman–Crippen MR) is 114 cm³/mol. The van der Waals surface area contributed by atoms with Crippen LogP contribution in [-0.2, 0) is 12.8 Å². The molecule has 150 valence electrons. The molecular weight excluding hydrogens is 368 g/mol. The minimum Gasteiger partial charge on any atom is -0.497 e. The lowest BCUT2D eigenvalue weighted by atomic mass is 9.90. The van der Waals surface area contributed by atoms with Gasteiger partial charge in [-0.3, -0.25) is 9.69 Å². The van der Waals surface area contributed by atoms with E-state index in [2.05, 4.69) is 35.3 Å². The summed E-state index contributed by atoms with van der Waals surface area (Å²) in [5.74, 6) is 1.67. The van der Waals surface area contributed by atoms with Crippen molar-refractivity contribution in [2.24, 2.45) is 5.92 Å². The summed E-state index contributed by atoms with van der Waals surface area (Å²) in [6.45, 7) is 5.13. The third kappa shape index (κ3) is 4.26. The molecule has 1 N–H and O–H groups in total. The van der Waals surface area contributed by atoms with E-state index in [1.807, 2.05) is 12.1 Å². The number of carbonyl (C=O) groups is 1. The Kier molecular flexibility index (Phi) is 6.02. The first-order valence-electron chi connectivity index (χ1n) is 10.4. The Balaban J connectivity index is 1.45. The minimum absolute atomic E-state index is 0.0739. The van der Waals surface area contributed by atoms with Crippen LogP contribution >= 0.6 is 11.3 Å². The van der Waals surface area contributed by atoms with E-state index < -0.39 is 0 Å². The van der Waals surface area contributed by atoms with Gasteiger partial charge in [0.1, 0.15) is 5.75 Å². The van der Waals surface area contributed by atoms with Crippen molar-refractivity contribution in [3.05, 3.63) is 51.2 Å². The number of benzene rings is 1. The summed E-state index contributed by atoms with van der Waals surface area (Å²) in [4.78, 5) is 17.6. The van der Waals surface area contributed by atoms with Crippen molar-refractivity contribution < 1.29 is 9.53 Å². The monoisotopic (exact) mass is 398 g/mol. The minimum atomic E-state index is 0.0739. The molecule has 0 spiro atoms. The second-order valence-electron chi connectivity index (χ2n) is 8.15. The Morgan fingerprint density at radius 2 is 2.04 bits per heavy atom. The summed E-state index contributed by atoms with van der Waals surface area (Å²) >= 11 is 1.69. The molecule has 1 aromatic heterocycles. The van der Waals surface area contributed by atoms with Gasteiger partial charge in [0, 0.05) is 11.4 Å². The standard InChI is InChI=1S/C23H30N2O2S/c1-16-5-10-21-18(13-16)14-22(28-21)23(26)24-15-20(25-11-3-4-12-25)17-6-8-19(27-2)9-7-17/h6-9,14,16,20H,3-5,10-13,15H2,1-2H3,(H,24,26)/t16-,20-/m0/s1. The molecule has 2 atom stereocenters. The van der Waals surface area contributed by atoms with Crippen molar-refractivity contribution in [3.63, 3.8) is 0 Å². The van der Waals surface area contributed by atoms with Crippen molar-refractivity contribution in [2.75, 3.05) is 26.7 Å². The number of hydrogen-bond acceptors (Lipinski definition) is 4. The first-order chi connectivity index (χ1) is 13.6. The molecule has 0 saturated carbocycles. The Hall–Kier alpha value is -1.85. The van der Waals surface area contributed by atoms with E-state index in [0.717, 1.165) is 42.5 Å². The number of nitrogens with zero attached hydrogens (tertiary/aromatic N) is 1. The largest absolute Gasteiger partial charge is 0.497 e. The molecule has 1 aliphatic heterocycles. The molecule has 1 amide bonds. The van der Waals surface area contributed by atoms with Crippen molar-refractivity contribution in [1.82, 2.24) is 10.2 Å². The summed E-state index contributed by atoms with van der Waals surface area (Å²) < 4.78 is 5.30. The maximum atomic E-state index is 12.9. The highest BCUT2D eigenvalue weighted by atomic mass is 32.1. The normalized spacial score (nSPS) is 20.6. The van der Waals surface area contributed by atoms with Crippen molar-refractivity contribution >= 4 is 17.2 Å². The molecule has 1 fully saturated rings. The van der Waals surface area contributed by atoms with Crippen LogP contribution in [-0.4, -0.2) is 37.6 Å². The van der Waals surface area contributed by atoms with Gasteiger partial charge in [-0.05, 0) is 80.4 Å². The lowest BCUT2D eigenvalue weighted by molar-refractivity contribution is 0.0942. The number of amides is 1. The van der Waals surface area contributed by atoms with Crippen molar-refractivity contribution in [2.45, 2.75) is 45.1 Å². The molecule has 4 rings (SSSR count). The zero-order chi connectivity index (χ0) is 19.5. The van der Waals surface area contributed by atoms with E-state index in [1.54, 1.807) is 18.4 Å². The molecule has 1 saturated heterocycles. The van der Waals surface area contributed by atoms with E-state index >= 15 is 0 Å². The van der Waals surface area contributed by atoms with Crippen molar-refractivity contribution in [1.29, 1.82) is 0 Å². The molecule has 28 heavy (non-hydrogen) atoms. The number of nitrogens with one attached hydrogen (secondary N) is 1. The van der Waals surface area contributed by atoms with E-state index in [-0.39, 0.29) is 11.9 Å². The summed E-state index contributed by atoms with van der Waals surface area (Å²) in [7, 11) is 1.69. The molecule has 2 aromatic rings. The van der Waals surface area contributed by atoms with E-state index in [0.29, 0.717) is 6.54 Å². The first kappa shape index (κ1) is 19.5. The number of aryl methyl sites for hydroxylation is 1. The highest BCUT2D eigenvalue weighted by Gasteiger charge is 2.25.